The number of hydrogen-bond acceptors (Lipinski definition) is 4. The SMILES string of the molecule is CCCc1cc(C(=O)NCC2CCOC2CC)cc(N)n1. The first kappa shape index (κ1) is 15.8. The standard InChI is InChI=1S/C16H25N3O2/c1-3-5-13-8-12(9-15(17)19-13)16(20)18-10-11-6-7-21-14(11)4-2/h8-9,11,14H,3-7,10H2,1-2H3,(H2,17,19)(H,18,20). The van der Waals surface area contributed by atoms with E-state index in [0.29, 0.717) is 23.8 Å². The van der Waals surface area contributed by atoms with E-state index in [1.165, 1.54) is 0 Å². The van der Waals surface area contributed by atoms with E-state index in [1.807, 2.05) is 6.07 Å². The maximum absolute atomic E-state index is 12.3. The number of nitrogen functional groups attached to an aromatic ring is 1. The summed E-state index contributed by atoms with van der Waals surface area (Å²) in [5.74, 6) is 0.734. The third kappa shape index (κ3) is 4.17. The van der Waals surface area contributed by atoms with E-state index in [2.05, 4.69) is 24.1 Å². The molecule has 1 aliphatic rings. The topological polar surface area (TPSA) is 77.2 Å². The summed E-state index contributed by atoms with van der Waals surface area (Å²) in [6.45, 7) is 5.64. The maximum Gasteiger partial charge on any atom is 0.251 e. The van der Waals surface area contributed by atoms with Gasteiger partial charge in [0.05, 0.1) is 6.10 Å². The second-order valence-electron chi connectivity index (χ2n) is 5.60. The molecule has 5 nitrogen and oxygen atoms in total. The summed E-state index contributed by atoms with van der Waals surface area (Å²) in [7, 11) is 0. The van der Waals surface area contributed by atoms with Gasteiger partial charge in [-0.2, -0.15) is 0 Å². The molecule has 2 rings (SSSR count). The normalized spacial score (nSPS) is 21.4. The van der Waals surface area contributed by atoms with Crippen molar-refractivity contribution in [2.24, 2.45) is 5.92 Å². The quantitative estimate of drug-likeness (QED) is 0.842. The van der Waals surface area contributed by atoms with Gasteiger partial charge in [0.1, 0.15) is 5.82 Å². The number of carbonyl (C=O) groups is 1. The zero-order valence-corrected chi connectivity index (χ0v) is 12.9. The van der Waals surface area contributed by atoms with Crippen LogP contribution < -0.4 is 11.1 Å². The summed E-state index contributed by atoms with van der Waals surface area (Å²) < 4.78 is 5.64. The number of pyridine rings is 1. The first-order valence-electron chi connectivity index (χ1n) is 7.80. The van der Waals surface area contributed by atoms with Crippen molar-refractivity contribution in [1.82, 2.24) is 10.3 Å². The zero-order chi connectivity index (χ0) is 15.2. The lowest BCUT2D eigenvalue weighted by Gasteiger charge is -2.17. The van der Waals surface area contributed by atoms with Crippen molar-refractivity contribution in [2.75, 3.05) is 18.9 Å². The van der Waals surface area contributed by atoms with Crippen LogP contribution in [-0.2, 0) is 11.2 Å². The molecular formula is C16H25N3O2. The molecule has 116 valence electrons. The molecule has 0 aromatic carbocycles. The molecule has 5 heteroatoms. The molecule has 3 N–H and O–H groups in total. The third-order valence-electron chi connectivity index (χ3n) is 3.94. The second-order valence-corrected chi connectivity index (χ2v) is 5.60. The van der Waals surface area contributed by atoms with Crippen molar-refractivity contribution >= 4 is 11.7 Å². The number of amides is 1. The van der Waals surface area contributed by atoms with Crippen molar-refractivity contribution < 1.29 is 9.53 Å². The third-order valence-corrected chi connectivity index (χ3v) is 3.94. The van der Waals surface area contributed by atoms with Gasteiger partial charge in [0.25, 0.3) is 5.91 Å². The van der Waals surface area contributed by atoms with E-state index < -0.39 is 0 Å². The zero-order valence-electron chi connectivity index (χ0n) is 12.9. The van der Waals surface area contributed by atoms with Gasteiger partial charge in [0.15, 0.2) is 0 Å². The molecule has 1 fully saturated rings. The number of hydrogen-bond donors (Lipinski definition) is 2. The molecule has 0 aliphatic carbocycles. The molecule has 1 amide bonds. The Bertz CT molecular complexity index is 490. The molecule has 2 heterocycles. The Balaban J connectivity index is 1.96. The predicted molar refractivity (Wildman–Crippen MR) is 83.1 cm³/mol. The summed E-state index contributed by atoms with van der Waals surface area (Å²) in [5.41, 5.74) is 7.25. The van der Waals surface area contributed by atoms with Crippen LogP contribution >= 0.6 is 0 Å². The van der Waals surface area contributed by atoms with Crippen molar-refractivity contribution in [3.05, 3.63) is 23.4 Å². The smallest absolute Gasteiger partial charge is 0.251 e. The highest BCUT2D eigenvalue weighted by Crippen LogP contribution is 2.22. The van der Waals surface area contributed by atoms with Crippen molar-refractivity contribution in [2.45, 2.75) is 45.6 Å². The number of anilines is 1. The molecular weight excluding hydrogens is 266 g/mol. The Morgan fingerprint density at radius 1 is 1.48 bits per heavy atom. The molecule has 1 aliphatic heterocycles. The predicted octanol–water partition coefficient (Wildman–Crippen LogP) is 2.16. The molecule has 21 heavy (non-hydrogen) atoms. The van der Waals surface area contributed by atoms with E-state index >= 15 is 0 Å². The molecule has 1 aromatic rings. The Labute approximate surface area is 126 Å². The number of aromatic nitrogens is 1. The fourth-order valence-electron chi connectivity index (χ4n) is 2.83. The number of nitrogens with two attached hydrogens (primary N) is 1. The molecule has 0 spiro atoms. The molecule has 0 radical (unpaired) electrons. The molecule has 0 bridgehead atoms. The van der Waals surface area contributed by atoms with Crippen LogP contribution in [0.3, 0.4) is 0 Å². The molecule has 2 unspecified atom stereocenters. The van der Waals surface area contributed by atoms with Crippen LogP contribution in [0.4, 0.5) is 5.82 Å². The summed E-state index contributed by atoms with van der Waals surface area (Å²) >= 11 is 0. The fourth-order valence-corrected chi connectivity index (χ4v) is 2.83. The Kier molecular flexibility index (Phi) is 5.56. The minimum atomic E-state index is -0.0804. The first-order chi connectivity index (χ1) is 10.1. The van der Waals surface area contributed by atoms with Crippen LogP contribution in [0.2, 0.25) is 0 Å². The lowest BCUT2D eigenvalue weighted by Crippen LogP contribution is -2.32. The lowest BCUT2D eigenvalue weighted by atomic mass is 9.99. The van der Waals surface area contributed by atoms with Gasteiger partial charge in [0, 0.05) is 30.3 Å². The highest BCUT2D eigenvalue weighted by atomic mass is 16.5. The maximum atomic E-state index is 12.3. The lowest BCUT2D eigenvalue weighted by molar-refractivity contribution is 0.0827. The van der Waals surface area contributed by atoms with Crippen LogP contribution in [-0.4, -0.2) is 30.1 Å². The molecule has 2 atom stereocenters. The van der Waals surface area contributed by atoms with E-state index in [4.69, 9.17) is 10.5 Å². The van der Waals surface area contributed by atoms with E-state index in [9.17, 15) is 4.79 Å². The van der Waals surface area contributed by atoms with Gasteiger partial charge in [-0.05, 0) is 31.4 Å². The monoisotopic (exact) mass is 291 g/mol. The van der Waals surface area contributed by atoms with Crippen LogP contribution in [0.5, 0.6) is 0 Å². The van der Waals surface area contributed by atoms with Crippen molar-refractivity contribution in [3.8, 4) is 0 Å². The van der Waals surface area contributed by atoms with Gasteiger partial charge >= 0.3 is 0 Å². The number of nitrogens with one attached hydrogen (secondary N) is 1. The van der Waals surface area contributed by atoms with Crippen LogP contribution in [0.25, 0.3) is 0 Å². The average Bonchev–Trinajstić information content (AvgIpc) is 2.92. The number of carbonyl (C=O) groups excluding carboxylic acids is 1. The summed E-state index contributed by atoms with van der Waals surface area (Å²) in [6.07, 6.45) is 4.08. The minimum absolute atomic E-state index is 0.0804. The van der Waals surface area contributed by atoms with Crippen molar-refractivity contribution in [1.29, 1.82) is 0 Å². The number of nitrogens with zero attached hydrogens (tertiary/aromatic N) is 1. The Morgan fingerprint density at radius 2 is 2.29 bits per heavy atom. The van der Waals surface area contributed by atoms with Crippen molar-refractivity contribution in [3.63, 3.8) is 0 Å². The number of rotatable bonds is 6. The highest BCUT2D eigenvalue weighted by Gasteiger charge is 2.27. The van der Waals surface area contributed by atoms with Gasteiger partial charge in [-0.25, -0.2) is 4.98 Å². The summed E-state index contributed by atoms with van der Waals surface area (Å²) in [4.78, 5) is 16.5. The van der Waals surface area contributed by atoms with E-state index in [-0.39, 0.29) is 12.0 Å². The molecule has 1 aromatic heterocycles. The second kappa shape index (κ2) is 7.41. The highest BCUT2D eigenvalue weighted by molar-refractivity contribution is 5.94. The first-order valence-corrected chi connectivity index (χ1v) is 7.80. The molecule has 1 saturated heterocycles. The van der Waals surface area contributed by atoms with Gasteiger partial charge in [-0.15, -0.1) is 0 Å². The van der Waals surface area contributed by atoms with Gasteiger partial charge < -0.3 is 15.8 Å². The van der Waals surface area contributed by atoms with Crippen LogP contribution in [0.15, 0.2) is 12.1 Å². The Hall–Kier alpha value is -1.62. The van der Waals surface area contributed by atoms with Crippen LogP contribution in [0.1, 0.15) is 49.2 Å². The van der Waals surface area contributed by atoms with Crippen LogP contribution in [0, 0.1) is 5.92 Å². The summed E-state index contributed by atoms with van der Waals surface area (Å²) in [5, 5.41) is 3.00. The summed E-state index contributed by atoms with van der Waals surface area (Å²) in [6, 6.07) is 3.47. The Morgan fingerprint density at radius 3 is 3.00 bits per heavy atom. The fraction of sp³-hybridized carbons (Fsp3) is 0.625. The number of ether oxygens (including phenoxy) is 1. The van der Waals surface area contributed by atoms with E-state index in [1.54, 1.807) is 6.07 Å². The minimum Gasteiger partial charge on any atom is -0.384 e. The number of aryl methyl sites for hydroxylation is 1. The van der Waals surface area contributed by atoms with Gasteiger partial charge in [0.2, 0.25) is 0 Å². The van der Waals surface area contributed by atoms with E-state index in [0.717, 1.165) is 38.0 Å². The average molecular weight is 291 g/mol. The van der Waals surface area contributed by atoms with Gasteiger partial charge in [-0.1, -0.05) is 20.3 Å². The van der Waals surface area contributed by atoms with Gasteiger partial charge in [-0.3, -0.25) is 4.79 Å². The largest absolute Gasteiger partial charge is 0.384 e. The molecule has 0 saturated carbocycles.